The number of urea groups is 1. The number of fused-ring (bicyclic) bond motifs is 1. The Morgan fingerprint density at radius 1 is 1.21 bits per heavy atom. The molecule has 4 amide bonds. The molecule has 2 saturated heterocycles. The van der Waals surface area contributed by atoms with Crippen LogP contribution in [0.5, 0.6) is 0 Å². The molecular weight excluding hydrogens is 474 g/mol. The van der Waals surface area contributed by atoms with Gasteiger partial charge in [0.25, 0.3) is 11.5 Å². The number of hydrogen-bond acceptors (Lipinski definition) is 7. The maximum atomic E-state index is 12.9. The first-order chi connectivity index (χ1) is 16.4. The molecule has 1 atom stereocenters. The van der Waals surface area contributed by atoms with Gasteiger partial charge in [-0.1, -0.05) is 30.3 Å². The molecule has 11 heteroatoms. The number of nitrogens with one attached hydrogen (secondary N) is 3. The third-order valence-electron chi connectivity index (χ3n) is 6.34. The largest absolute Gasteiger partial charge is 0.342 e. The number of rotatable bonds is 5. The number of piperidine rings is 1. The molecule has 0 saturated carbocycles. The molecule has 1 spiro atoms. The topological polar surface area (TPSA) is 124 Å². The Hall–Kier alpha value is -3.18. The number of aromatic nitrogens is 2. The van der Waals surface area contributed by atoms with Crippen LogP contribution in [0.1, 0.15) is 25.6 Å². The number of thioether (sulfide) groups is 1. The normalized spacial score (nSPS) is 18.2. The van der Waals surface area contributed by atoms with E-state index in [0.717, 1.165) is 11.1 Å². The highest BCUT2D eigenvalue weighted by molar-refractivity contribution is 7.99. The van der Waals surface area contributed by atoms with Gasteiger partial charge >= 0.3 is 6.03 Å². The number of imide groups is 1. The summed E-state index contributed by atoms with van der Waals surface area (Å²) in [5, 5.41) is 7.17. The average Bonchev–Trinajstić information content (AvgIpc) is 3.38. The Morgan fingerprint density at radius 3 is 2.62 bits per heavy atom. The summed E-state index contributed by atoms with van der Waals surface area (Å²) in [6.45, 7) is 2.63. The number of benzene rings is 1. The van der Waals surface area contributed by atoms with Crippen LogP contribution < -0.4 is 16.2 Å². The second-order valence-electron chi connectivity index (χ2n) is 8.48. The molecule has 176 valence electrons. The van der Waals surface area contributed by atoms with Crippen LogP contribution in [0.15, 0.2) is 40.5 Å². The number of likely N-dealkylation sites (tertiary alicyclic amines) is 1. The molecule has 2 aliphatic rings. The minimum atomic E-state index is -0.900. The highest BCUT2D eigenvalue weighted by Gasteiger charge is 2.48. The van der Waals surface area contributed by atoms with Gasteiger partial charge < -0.3 is 15.2 Å². The molecule has 0 radical (unpaired) electrons. The van der Waals surface area contributed by atoms with Gasteiger partial charge in [-0.25, -0.2) is 9.78 Å². The summed E-state index contributed by atoms with van der Waals surface area (Å²) in [6.07, 6.45) is 0.780. The molecule has 0 aliphatic carbocycles. The number of H-pyrrole nitrogens is 1. The van der Waals surface area contributed by atoms with E-state index in [4.69, 9.17) is 0 Å². The lowest BCUT2D eigenvalue weighted by Gasteiger charge is -2.37. The molecule has 3 N–H and O–H groups in total. The van der Waals surface area contributed by atoms with Crippen LogP contribution in [0.3, 0.4) is 0 Å². The summed E-state index contributed by atoms with van der Waals surface area (Å²) in [6, 6.07) is 9.26. The van der Waals surface area contributed by atoms with Crippen molar-refractivity contribution in [2.75, 3.05) is 13.1 Å². The fourth-order valence-electron chi connectivity index (χ4n) is 4.41. The van der Waals surface area contributed by atoms with E-state index in [1.165, 1.54) is 23.1 Å². The Morgan fingerprint density at radius 2 is 1.94 bits per heavy atom. The van der Waals surface area contributed by atoms with E-state index in [0.29, 0.717) is 47.7 Å². The monoisotopic (exact) mass is 497 g/mol. The second kappa shape index (κ2) is 8.88. The number of carbonyl (C=O) groups is 3. The van der Waals surface area contributed by atoms with Gasteiger partial charge in [-0.3, -0.25) is 19.7 Å². The van der Waals surface area contributed by atoms with Gasteiger partial charge in [-0.15, -0.1) is 23.1 Å². The third kappa shape index (κ3) is 4.09. The zero-order valence-corrected chi connectivity index (χ0v) is 20.1. The van der Waals surface area contributed by atoms with Crippen molar-refractivity contribution < 1.29 is 14.4 Å². The van der Waals surface area contributed by atoms with Gasteiger partial charge in [0.1, 0.15) is 16.2 Å². The maximum absolute atomic E-state index is 12.9. The second-order valence-corrected chi connectivity index (χ2v) is 10.7. The molecule has 3 aromatic rings. The van der Waals surface area contributed by atoms with E-state index in [9.17, 15) is 19.2 Å². The predicted octanol–water partition coefficient (Wildman–Crippen LogP) is 2.47. The Balaban J connectivity index is 1.22. The third-order valence-corrected chi connectivity index (χ3v) is 8.35. The first kappa shape index (κ1) is 22.6. The van der Waals surface area contributed by atoms with E-state index >= 15 is 0 Å². The SMILES string of the molecule is CC(SCc1nc2scc(-c3ccccc3)c2c(=O)[nH]1)C(=O)N1CCC2(CC1)NC(=O)NC2=O. The first-order valence-corrected chi connectivity index (χ1v) is 12.9. The van der Waals surface area contributed by atoms with Gasteiger partial charge in [-0.05, 0) is 25.3 Å². The van der Waals surface area contributed by atoms with Gasteiger partial charge in [0, 0.05) is 24.0 Å². The number of amides is 4. The zero-order valence-electron chi connectivity index (χ0n) is 18.4. The van der Waals surface area contributed by atoms with Crippen molar-refractivity contribution in [1.82, 2.24) is 25.5 Å². The minimum absolute atomic E-state index is 0.0319. The molecule has 4 heterocycles. The van der Waals surface area contributed by atoms with Crippen LogP contribution in [0, 0.1) is 0 Å². The fraction of sp³-hybridized carbons (Fsp3) is 0.348. The van der Waals surface area contributed by atoms with Gasteiger partial charge in [0.05, 0.1) is 16.4 Å². The Kier molecular flexibility index (Phi) is 5.90. The maximum Gasteiger partial charge on any atom is 0.322 e. The lowest BCUT2D eigenvalue weighted by molar-refractivity contribution is -0.135. The lowest BCUT2D eigenvalue weighted by Crippen LogP contribution is -2.56. The summed E-state index contributed by atoms with van der Waals surface area (Å²) in [5.74, 6) is 0.580. The quantitative estimate of drug-likeness (QED) is 0.465. The molecule has 9 nitrogen and oxygen atoms in total. The molecule has 2 aliphatic heterocycles. The van der Waals surface area contributed by atoms with Crippen molar-refractivity contribution in [2.45, 2.75) is 36.3 Å². The van der Waals surface area contributed by atoms with Crippen LogP contribution in [0.2, 0.25) is 0 Å². The predicted molar refractivity (Wildman–Crippen MR) is 132 cm³/mol. The number of carbonyl (C=O) groups excluding carboxylic acids is 3. The lowest BCUT2D eigenvalue weighted by atomic mass is 9.87. The Bertz CT molecular complexity index is 1330. The van der Waals surface area contributed by atoms with E-state index in [2.05, 4.69) is 20.6 Å². The number of hydrogen-bond donors (Lipinski definition) is 3. The summed E-state index contributed by atoms with van der Waals surface area (Å²) in [7, 11) is 0. The van der Waals surface area contributed by atoms with Crippen molar-refractivity contribution >= 4 is 51.2 Å². The summed E-state index contributed by atoms with van der Waals surface area (Å²) < 4.78 is 0. The fourth-order valence-corrected chi connectivity index (χ4v) is 6.22. The highest BCUT2D eigenvalue weighted by Crippen LogP contribution is 2.31. The number of aromatic amines is 1. The van der Waals surface area contributed by atoms with Crippen LogP contribution in [-0.4, -0.2) is 56.6 Å². The molecule has 5 rings (SSSR count). The van der Waals surface area contributed by atoms with Gasteiger partial charge in [0.2, 0.25) is 5.91 Å². The summed E-state index contributed by atoms with van der Waals surface area (Å²) in [5.41, 5.74) is 0.757. The van der Waals surface area contributed by atoms with Gasteiger partial charge in [0.15, 0.2) is 0 Å². The van der Waals surface area contributed by atoms with Crippen LogP contribution in [0.4, 0.5) is 4.79 Å². The molecule has 2 aromatic heterocycles. The molecule has 0 bridgehead atoms. The number of nitrogens with zero attached hydrogens (tertiary/aromatic N) is 2. The van der Waals surface area contributed by atoms with Crippen molar-refractivity contribution in [3.05, 3.63) is 51.9 Å². The zero-order chi connectivity index (χ0) is 23.9. The van der Waals surface area contributed by atoms with Crippen LogP contribution in [-0.2, 0) is 15.3 Å². The summed E-state index contributed by atoms with van der Waals surface area (Å²) in [4.78, 5) is 59.2. The standard InChI is InChI=1S/C23H23N5O4S2/c1-13(20(30)28-9-7-23(8-10-28)21(31)26-22(32)27-23)33-12-16-24-18(29)17-15(11-34-19(17)25-16)14-5-3-2-4-6-14/h2-6,11,13H,7-10,12H2,1H3,(H,24,25,29)(H2,26,27,31,32). The molecular formula is C23H23N5O4S2. The van der Waals surface area contributed by atoms with Crippen molar-refractivity contribution in [2.24, 2.45) is 0 Å². The van der Waals surface area contributed by atoms with Gasteiger partial charge in [-0.2, -0.15) is 0 Å². The minimum Gasteiger partial charge on any atom is -0.342 e. The molecule has 2 fully saturated rings. The molecule has 34 heavy (non-hydrogen) atoms. The number of thiophene rings is 1. The van der Waals surface area contributed by atoms with E-state index in [1.807, 2.05) is 42.6 Å². The molecule has 1 aromatic carbocycles. The van der Waals surface area contributed by atoms with E-state index in [-0.39, 0.29) is 22.6 Å². The van der Waals surface area contributed by atoms with E-state index in [1.54, 1.807) is 4.90 Å². The van der Waals surface area contributed by atoms with Crippen molar-refractivity contribution in [3.63, 3.8) is 0 Å². The van der Waals surface area contributed by atoms with Crippen molar-refractivity contribution in [1.29, 1.82) is 0 Å². The smallest absolute Gasteiger partial charge is 0.322 e. The van der Waals surface area contributed by atoms with Crippen molar-refractivity contribution in [3.8, 4) is 11.1 Å². The van der Waals surface area contributed by atoms with Crippen LogP contribution in [0.25, 0.3) is 21.3 Å². The average molecular weight is 498 g/mol. The highest BCUT2D eigenvalue weighted by atomic mass is 32.2. The van der Waals surface area contributed by atoms with Crippen LogP contribution >= 0.6 is 23.1 Å². The van der Waals surface area contributed by atoms with E-state index < -0.39 is 11.6 Å². The Labute approximate surface area is 203 Å². The first-order valence-electron chi connectivity index (χ1n) is 11.0. The summed E-state index contributed by atoms with van der Waals surface area (Å²) >= 11 is 2.84. The molecule has 1 unspecified atom stereocenters.